The number of nitrogens with zero attached hydrogens (tertiary/aromatic N) is 2. The van der Waals surface area contributed by atoms with Crippen LogP contribution in [0.2, 0.25) is 10.0 Å². The van der Waals surface area contributed by atoms with Crippen LogP contribution in [0.5, 0.6) is 0 Å². The predicted molar refractivity (Wildman–Crippen MR) is 93.8 cm³/mol. The van der Waals surface area contributed by atoms with Crippen molar-refractivity contribution in [1.29, 1.82) is 0 Å². The summed E-state index contributed by atoms with van der Waals surface area (Å²) < 4.78 is 0. The lowest BCUT2D eigenvalue weighted by atomic mass is 9.81. The molecule has 0 saturated heterocycles. The van der Waals surface area contributed by atoms with E-state index in [-0.39, 0.29) is 7.43 Å². The lowest BCUT2D eigenvalue weighted by molar-refractivity contribution is 0.125. The van der Waals surface area contributed by atoms with Crippen LogP contribution in [-0.4, -0.2) is 15.1 Å². The molecule has 0 aliphatic carbocycles. The summed E-state index contributed by atoms with van der Waals surface area (Å²) in [6.07, 6.45) is 4.56. The third kappa shape index (κ3) is 3.22. The van der Waals surface area contributed by atoms with E-state index < -0.39 is 5.60 Å². The first kappa shape index (κ1) is 17.4. The fourth-order valence-corrected chi connectivity index (χ4v) is 2.81. The summed E-state index contributed by atoms with van der Waals surface area (Å²) in [6.45, 7) is 0. The molecule has 5 heteroatoms. The van der Waals surface area contributed by atoms with Crippen LogP contribution in [-0.2, 0) is 5.60 Å². The molecule has 3 nitrogen and oxygen atoms in total. The zero-order valence-corrected chi connectivity index (χ0v) is 13.0. The molecule has 3 rings (SSSR count). The number of hydrogen-bond acceptors (Lipinski definition) is 3. The van der Waals surface area contributed by atoms with Crippen molar-refractivity contribution in [2.45, 2.75) is 13.0 Å². The molecule has 3 aromatic rings. The molecule has 1 aromatic heterocycles. The largest absolute Gasteiger partial charge is 0.376 e. The number of rotatable bonds is 3. The fourth-order valence-electron chi connectivity index (χ4n) is 2.41. The van der Waals surface area contributed by atoms with Crippen LogP contribution >= 0.6 is 23.2 Å². The lowest BCUT2D eigenvalue weighted by Crippen LogP contribution is -2.29. The van der Waals surface area contributed by atoms with Gasteiger partial charge < -0.3 is 5.11 Å². The van der Waals surface area contributed by atoms with Gasteiger partial charge in [-0.2, -0.15) is 0 Å². The molecule has 0 radical (unpaired) electrons. The summed E-state index contributed by atoms with van der Waals surface area (Å²) in [5.41, 5.74) is 0.281. The van der Waals surface area contributed by atoms with Crippen LogP contribution in [0.4, 0.5) is 0 Å². The van der Waals surface area contributed by atoms with Gasteiger partial charge in [0.05, 0.1) is 0 Å². The summed E-state index contributed by atoms with van der Waals surface area (Å²) in [7, 11) is 0. The minimum atomic E-state index is -1.45. The van der Waals surface area contributed by atoms with Crippen LogP contribution in [0.25, 0.3) is 0 Å². The highest BCUT2D eigenvalue weighted by Crippen LogP contribution is 2.39. The molecule has 1 atom stereocenters. The topological polar surface area (TPSA) is 46.0 Å². The number of halogens is 2. The van der Waals surface area contributed by atoms with Gasteiger partial charge in [0.25, 0.3) is 0 Å². The summed E-state index contributed by atoms with van der Waals surface area (Å²) >= 11 is 12.3. The Kier molecular flexibility index (Phi) is 5.37. The molecule has 118 valence electrons. The molecule has 0 amide bonds. The highest BCUT2D eigenvalue weighted by Gasteiger charge is 2.36. The van der Waals surface area contributed by atoms with Crippen LogP contribution in [0.3, 0.4) is 0 Å². The van der Waals surface area contributed by atoms with Gasteiger partial charge in [0, 0.05) is 33.6 Å². The van der Waals surface area contributed by atoms with Gasteiger partial charge in [-0.25, -0.2) is 9.97 Å². The second kappa shape index (κ2) is 7.09. The van der Waals surface area contributed by atoms with E-state index >= 15 is 0 Å². The van der Waals surface area contributed by atoms with Crippen molar-refractivity contribution in [3.05, 3.63) is 94.0 Å². The Bertz CT molecular complexity index is 779. The lowest BCUT2D eigenvalue weighted by Gasteiger charge is -2.30. The van der Waals surface area contributed by atoms with E-state index in [1.165, 1.54) is 6.33 Å². The van der Waals surface area contributed by atoms with Gasteiger partial charge in [0.15, 0.2) is 0 Å². The van der Waals surface area contributed by atoms with Gasteiger partial charge >= 0.3 is 0 Å². The molecule has 2 aromatic carbocycles. The predicted octanol–water partition coefficient (Wildman–Crippen LogP) is 4.70. The molecule has 0 saturated carbocycles. The molecule has 0 fully saturated rings. The van der Waals surface area contributed by atoms with Crippen LogP contribution < -0.4 is 0 Å². The Labute approximate surface area is 145 Å². The number of benzene rings is 2. The van der Waals surface area contributed by atoms with Crippen molar-refractivity contribution in [2.75, 3.05) is 0 Å². The van der Waals surface area contributed by atoms with Crippen molar-refractivity contribution < 1.29 is 5.11 Å². The van der Waals surface area contributed by atoms with Gasteiger partial charge in [0.1, 0.15) is 11.9 Å². The minimum Gasteiger partial charge on any atom is -0.376 e. The Morgan fingerprint density at radius 1 is 0.826 bits per heavy atom. The first-order chi connectivity index (χ1) is 10.6. The Morgan fingerprint density at radius 2 is 1.43 bits per heavy atom. The van der Waals surface area contributed by atoms with Gasteiger partial charge in [-0.1, -0.05) is 61.0 Å². The second-order valence-electron chi connectivity index (χ2n) is 4.82. The third-order valence-electron chi connectivity index (χ3n) is 3.50. The van der Waals surface area contributed by atoms with E-state index in [0.29, 0.717) is 26.7 Å². The van der Waals surface area contributed by atoms with Crippen molar-refractivity contribution in [3.63, 3.8) is 0 Å². The van der Waals surface area contributed by atoms with Gasteiger partial charge in [-0.3, -0.25) is 0 Å². The Balaban J connectivity index is 0.00000192. The van der Waals surface area contributed by atoms with Crippen molar-refractivity contribution >= 4 is 23.2 Å². The summed E-state index contributed by atoms with van der Waals surface area (Å²) in [6, 6.07) is 14.1. The maximum Gasteiger partial charge on any atom is 0.144 e. The average molecular weight is 347 g/mol. The first-order valence-corrected chi connectivity index (χ1v) is 7.37. The van der Waals surface area contributed by atoms with E-state index in [0.717, 1.165) is 0 Å². The Hall–Kier alpha value is -1.94. The molecule has 0 bridgehead atoms. The van der Waals surface area contributed by atoms with Crippen LogP contribution in [0, 0.1) is 0 Å². The standard InChI is InChI=1S/C17H12Cl2N2O.CH4/c18-14-7-5-12(6-8-14)17(22,13-9-20-11-21-10-13)15-3-1-2-4-16(15)19;/h1-11,22H;1H4. The summed E-state index contributed by atoms with van der Waals surface area (Å²) in [4.78, 5) is 8.02. The zero-order chi connectivity index (χ0) is 15.6. The zero-order valence-electron chi connectivity index (χ0n) is 11.4. The first-order valence-electron chi connectivity index (χ1n) is 6.61. The van der Waals surface area contributed by atoms with Crippen molar-refractivity contribution in [2.24, 2.45) is 0 Å². The van der Waals surface area contributed by atoms with Gasteiger partial charge in [-0.15, -0.1) is 0 Å². The molecule has 0 aliphatic heterocycles. The molecule has 1 N–H and O–H groups in total. The number of aliphatic hydroxyl groups is 1. The SMILES string of the molecule is C.OC(c1ccc(Cl)cc1)(c1cncnc1)c1ccccc1Cl. The third-order valence-corrected chi connectivity index (χ3v) is 4.09. The quantitative estimate of drug-likeness (QED) is 0.747. The second-order valence-corrected chi connectivity index (χ2v) is 5.67. The van der Waals surface area contributed by atoms with E-state index in [2.05, 4.69) is 9.97 Å². The fraction of sp³-hybridized carbons (Fsp3) is 0.111. The van der Waals surface area contributed by atoms with Crippen LogP contribution in [0.15, 0.2) is 67.3 Å². The van der Waals surface area contributed by atoms with Crippen molar-refractivity contribution in [3.8, 4) is 0 Å². The van der Waals surface area contributed by atoms with Gasteiger partial charge in [0.2, 0.25) is 0 Å². The molecule has 1 unspecified atom stereocenters. The maximum absolute atomic E-state index is 11.5. The van der Waals surface area contributed by atoms with Gasteiger partial charge in [-0.05, 0) is 23.8 Å². The highest BCUT2D eigenvalue weighted by molar-refractivity contribution is 6.31. The molecule has 23 heavy (non-hydrogen) atoms. The maximum atomic E-state index is 11.5. The van der Waals surface area contributed by atoms with E-state index in [9.17, 15) is 5.11 Å². The molecular formula is C18H16Cl2N2O. The number of hydrogen-bond donors (Lipinski definition) is 1. The molecule has 0 aliphatic rings. The summed E-state index contributed by atoms with van der Waals surface area (Å²) in [5.74, 6) is 0. The average Bonchev–Trinajstić information content (AvgIpc) is 2.56. The number of aromatic nitrogens is 2. The summed E-state index contributed by atoms with van der Waals surface area (Å²) in [5, 5.41) is 12.5. The Morgan fingerprint density at radius 3 is 2.04 bits per heavy atom. The molecule has 0 spiro atoms. The van der Waals surface area contributed by atoms with E-state index in [1.807, 2.05) is 12.1 Å². The smallest absolute Gasteiger partial charge is 0.144 e. The minimum absolute atomic E-state index is 0. The normalized spacial score (nSPS) is 13.0. The van der Waals surface area contributed by atoms with Crippen LogP contribution in [0.1, 0.15) is 24.1 Å². The van der Waals surface area contributed by atoms with E-state index in [1.54, 1.807) is 48.8 Å². The molecular weight excluding hydrogens is 331 g/mol. The highest BCUT2D eigenvalue weighted by atomic mass is 35.5. The van der Waals surface area contributed by atoms with Crippen molar-refractivity contribution in [1.82, 2.24) is 9.97 Å². The monoisotopic (exact) mass is 346 g/mol. The molecule has 1 heterocycles. The van der Waals surface area contributed by atoms with E-state index in [4.69, 9.17) is 23.2 Å².